The second-order valence-electron chi connectivity index (χ2n) is 4.95. The molecule has 0 aliphatic heterocycles. The summed E-state index contributed by atoms with van der Waals surface area (Å²) in [7, 11) is 1.59. The number of benzene rings is 2. The second kappa shape index (κ2) is 8.68. The topological polar surface area (TPSA) is 83.2 Å². The van der Waals surface area contributed by atoms with Crippen LogP contribution in [0, 0.1) is 10.1 Å². The Morgan fingerprint density at radius 2 is 1.80 bits per heavy atom. The third-order valence-electron chi connectivity index (χ3n) is 3.28. The number of rotatable bonds is 8. The summed E-state index contributed by atoms with van der Waals surface area (Å²) in [6.45, 7) is 4.24. The quantitative estimate of drug-likeness (QED) is 0.408. The lowest BCUT2D eigenvalue weighted by atomic mass is 10.1. The van der Waals surface area contributed by atoms with Gasteiger partial charge in [0.05, 0.1) is 30.9 Å². The molecular formula is C18H20N2O5. The summed E-state index contributed by atoms with van der Waals surface area (Å²) in [4.78, 5) is 15.2. The lowest BCUT2D eigenvalue weighted by molar-refractivity contribution is -0.385. The van der Waals surface area contributed by atoms with Crippen LogP contribution < -0.4 is 14.2 Å². The number of nitrogens with zero attached hydrogens (tertiary/aromatic N) is 2. The summed E-state index contributed by atoms with van der Waals surface area (Å²) in [6.07, 6.45) is 1.55. The summed E-state index contributed by atoms with van der Waals surface area (Å²) in [5.74, 6) is 1.19. The second-order valence-corrected chi connectivity index (χ2v) is 4.95. The average Bonchev–Trinajstić information content (AvgIpc) is 2.62. The number of aliphatic imine (C=N–C) groups is 1. The van der Waals surface area contributed by atoms with Gasteiger partial charge in [-0.3, -0.25) is 15.1 Å². The van der Waals surface area contributed by atoms with Crippen LogP contribution in [-0.4, -0.2) is 31.5 Å². The first kappa shape index (κ1) is 18.3. The number of hydrogen-bond donors (Lipinski definition) is 0. The molecule has 0 amide bonds. The summed E-state index contributed by atoms with van der Waals surface area (Å²) < 4.78 is 16.0. The molecule has 0 unspecified atom stereocenters. The molecule has 7 heteroatoms. The van der Waals surface area contributed by atoms with Gasteiger partial charge >= 0.3 is 5.69 Å². The Hall–Kier alpha value is -3.09. The molecule has 2 rings (SSSR count). The summed E-state index contributed by atoms with van der Waals surface area (Å²) in [6, 6.07) is 10.3. The van der Waals surface area contributed by atoms with E-state index in [9.17, 15) is 10.1 Å². The van der Waals surface area contributed by atoms with Gasteiger partial charge in [0, 0.05) is 17.8 Å². The Balaban J connectivity index is 2.38. The fourth-order valence-corrected chi connectivity index (χ4v) is 2.19. The van der Waals surface area contributed by atoms with E-state index >= 15 is 0 Å². The van der Waals surface area contributed by atoms with E-state index in [2.05, 4.69) is 4.99 Å². The van der Waals surface area contributed by atoms with Gasteiger partial charge in [-0.15, -0.1) is 0 Å². The largest absolute Gasteiger partial charge is 0.497 e. The average molecular weight is 344 g/mol. The monoisotopic (exact) mass is 344 g/mol. The number of nitro benzene ring substituents is 1. The van der Waals surface area contributed by atoms with E-state index in [-0.39, 0.29) is 11.4 Å². The van der Waals surface area contributed by atoms with Crippen LogP contribution in [0.1, 0.15) is 19.4 Å². The molecule has 2 aromatic rings. The summed E-state index contributed by atoms with van der Waals surface area (Å²) in [5.41, 5.74) is 1.11. The lowest BCUT2D eigenvalue weighted by Crippen LogP contribution is -2.03. The highest BCUT2D eigenvalue weighted by molar-refractivity contribution is 5.85. The molecule has 0 bridgehead atoms. The van der Waals surface area contributed by atoms with E-state index in [1.54, 1.807) is 57.5 Å². The van der Waals surface area contributed by atoms with Crippen molar-refractivity contribution in [2.45, 2.75) is 13.8 Å². The zero-order chi connectivity index (χ0) is 18.2. The van der Waals surface area contributed by atoms with Crippen LogP contribution in [0.25, 0.3) is 0 Å². The van der Waals surface area contributed by atoms with Crippen molar-refractivity contribution in [1.29, 1.82) is 0 Å². The molecule has 25 heavy (non-hydrogen) atoms. The number of nitro groups is 1. The van der Waals surface area contributed by atoms with E-state index in [1.165, 1.54) is 6.07 Å². The minimum Gasteiger partial charge on any atom is -0.497 e. The Bertz CT molecular complexity index is 757. The van der Waals surface area contributed by atoms with Crippen molar-refractivity contribution >= 4 is 17.6 Å². The number of ether oxygens (including phenoxy) is 3. The normalized spacial score (nSPS) is 10.7. The first-order valence-corrected chi connectivity index (χ1v) is 7.85. The van der Waals surface area contributed by atoms with Crippen LogP contribution in [0.15, 0.2) is 41.4 Å². The molecule has 0 fully saturated rings. The van der Waals surface area contributed by atoms with Crippen LogP contribution >= 0.6 is 0 Å². The molecule has 0 saturated carbocycles. The van der Waals surface area contributed by atoms with Crippen LogP contribution in [-0.2, 0) is 0 Å². The van der Waals surface area contributed by atoms with E-state index in [0.717, 1.165) is 5.75 Å². The van der Waals surface area contributed by atoms with Crippen LogP contribution in [0.2, 0.25) is 0 Å². The lowest BCUT2D eigenvalue weighted by Gasteiger charge is -2.11. The Morgan fingerprint density at radius 3 is 2.36 bits per heavy atom. The molecule has 0 aromatic heterocycles. The number of hydrogen-bond acceptors (Lipinski definition) is 6. The fraction of sp³-hybridized carbons (Fsp3) is 0.278. The van der Waals surface area contributed by atoms with E-state index < -0.39 is 4.92 Å². The third kappa shape index (κ3) is 4.69. The Labute approximate surface area is 146 Å². The Kier molecular flexibility index (Phi) is 6.33. The highest BCUT2D eigenvalue weighted by Gasteiger charge is 2.22. The van der Waals surface area contributed by atoms with Crippen molar-refractivity contribution in [3.05, 3.63) is 52.1 Å². The van der Waals surface area contributed by atoms with Gasteiger partial charge in [0.25, 0.3) is 0 Å². The highest BCUT2D eigenvalue weighted by atomic mass is 16.6. The summed E-state index contributed by atoms with van der Waals surface area (Å²) in [5, 5.41) is 11.4. The summed E-state index contributed by atoms with van der Waals surface area (Å²) >= 11 is 0. The van der Waals surface area contributed by atoms with Crippen molar-refractivity contribution in [2.24, 2.45) is 4.99 Å². The van der Waals surface area contributed by atoms with Gasteiger partial charge in [-0.1, -0.05) is 0 Å². The first-order chi connectivity index (χ1) is 12.1. The van der Waals surface area contributed by atoms with Gasteiger partial charge in [-0.2, -0.15) is 0 Å². The number of methoxy groups -OCH3 is 1. The SMILES string of the molecule is CCOc1cc(C=Nc2ccc(OC)cc2)cc([N+](=O)[O-])c1OCC. The molecule has 0 saturated heterocycles. The highest BCUT2D eigenvalue weighted by Crippen LogP contribution is 2.38. The zero-order valence-electron chi connectivity index (χ0n) is 14.4. The van der Waals surface area contributed by atoms with Crippen molar-refractivity contribution in [3.8, 4) is 17.2 Å². The van der Waals surface area contributed by atoms with Crippen molar-refractivity contribution < 1.29 is 19.1 Å². The van der Waals surface area contributed by atoms with Crippen molar-refractivity contribution in [1.82, 2.24) is 0 Å². The van der Waals surface area contributed by atoms with Gasteiger partial charge in [0.15, 0.2) is 5.75 Å². The molecule has 132 valence electrons. The molecule has 0 N–H and O–H groups in total. The molecule has 2 aromatic carbocycles. The predicted molar refractivity (Wildman–Crippen MR) is 95.7 cm³/mol. The van der Waals surface area contributed by atoms with Crippen molar-refractivity contribution in [2.75, 3.05) is 20.3 Å². The molecule has 0 radical (unpaired) electrons. The maximum Gasteiger partial charge on any atom is 0.315 e. The molecule has 0 aliphatic carbocycles. The predicted octanol–water partition coefficient (Wildman–Crippen LogP) is 4.15. The van der Waals surface area contributed by atoms with Crippen molar-refractivity contribution in [3.63, 3.8) is 0 Å². The third-order valence-corrected chi connectivity index (χ3v) is 3.28. The van der Waals surface area contributed by atoms with Crippen LogP contribution in [0.5, 0.6) is 17.2 Å². The minimum atomic E-state index is -0.488. The van der Waals surface area contributed by atoms with E-state index in [0.29, 0.717) is 30.2 Å². The maximum atomic E-state index is 11.4. The van der Waals surface area contributed by atoms with Gasteiger partial charge in [0.1, 0.15) is 5.75 Å². The zero-order valence-corrected chi connectivity index (χ0v) is 14.4. The van der Waals surface area contributed by atoms with Gasteiger partial charge < -0.3 is 14.2 Å². The Morgan fingerprint density at radius 1 is 1.12 bits per heavy atom. The molecule has 0 spiro atoms. The van der Waals surface area contributed by atoms with Gasteiger partial charge in [0.2, 0.25) is 5.75 Å². The smallest absolute Gasteiger partial charge is 0.315 e. The molecule has 0 heterocycles. The fourth-order valence-electron chi connectivity index (χ4n) is 2.19. The van der Waals surface area contributed by atoms with Gasteiger partial charge in [-0.25, -0.2) is 0 Å². The minimum absolute atomic E-state index is 0.135. The van der Waals surface area contributed by atoms with E-state index in [1.807, 2.05) is 0 Å². The molecular weight excluding hydrogens is 324 g/mol. The maximum absolute atomic E-state index is 11.4. The molecule has 0 atom stereocenters. The van der Waals surface area contributed by atoms with Gasteiger partial charge in [-0.05, 0) is 44.2 Å². The molecule has 7 nitrogen and oxygen atoms in total. The van der Waals surface area contributed by atoms with E-state index in [4.69, 9.17) is 14.2 Å². The standard InChI is InChI=1S/C18H20N2O5/c1-4-24-17-11-13(10-16(20(21)22)18(17)25-5-2)12-19-14-6-8-15(23-3)9-7-14/h6-12H,4-5H2,1-3H3. The van der Waals surface area contributed by atoms with Crippen LogP contribution in [0.3, 0.4) is 0 Å². The molecule has 0 aliphatic rings. The van der Waals surface area contributed by atoms with Crippen LogP contribution in [0.4, 0.5) is 11.4 Å². The first-order valence-electron chi connectivity index (χ1n) is 7.85.